The quantitative estimate of drug-likeness (QED) is 0.620. The minimum absolute atomic E-state index is 0.0358. The predicted octanol–water partition coefficient (Wildman–Crippen LogP) is 2.68. The van der Waals surface area contributed by atoms with E-state index in [1.165, 1.54) is 6.07 Å². The van der Waals surface area contributed by atoms with Crippen LogP contribution in [-0.4, -0.2) is 53.7 Å². The largest absolute Gasteiger partial charge is 0.452 e. The van der Waals surface area contributed by atoms with Gasteiger partial charge in [0.1, 0.15) is 5.15 Å². The number of hydrogen-bond donors (Lipinski definition) is 0. The number of aromatic nitrogens is 1. The summed E-state index contributed by atoms with van der Waals surface area (Å²) in [7, 11) is 0. The molecule has 0 bridgehead atoms. The van der Waals surface area contributed by atoms with E-state index in [1.54, 1.807) is 23.1 Å². The summed E-state index contributed by atoms with van der Waals surface area (Å²) in [5, 5.41) is 0.839. The van der Waals surface area contributed by atoms with Crippen LogP contribution in [0.4, 0.5) is 0 Å². The predicted molar refractivity (Wildman–Crippen MR) is 93.6 cm³/mol. The van der Waals surface area contributed by atoms with E-state index in [4.69, 9.17) is 21.1 Å². The number of benzene rings is 1. The molecule has 2 atom stereocenters. The van der Waals surface area contributed by atoms with E-state index in [2.05, 4.69) is 4.98 Å². The fourth-order valence-corrected chi connectivity index (χ4v) is 3.19. The topological polar surface area (TPSA) is 68.7 Å². The summed E-state index contributed by atoms with van der Waals surface area (Å²) in [6.45, 7) is 4.49. The van der Waals surface area contributed by atoms with Gasteiger partial charge in [-0.25, -0.2) is 9.78 Å². The smallest absolute Gasteiger partial charge is 0.339 e. The molecule has 7 heteroatoms. The van der Waals surface area contributed by atoms with E-state index < -0.39 is 5.97 Å². The number of ether oxygens (including phenoxy) is 2. The zero-order chi connectivity index (χ0) is 18.0. The Morgan fingerprint density at radius 3 is 2.68 bits per heavy atom. The number of morpholine rings is 1. The minimum atomic E-state index is -0.594. The average Bonchev–Trinajstić information content (AvgIpc) is 2.57. The lowest BCUT2D eigenvalue weighted by atomic mass is 10.1. The van der Waals surface area contributed by atoms with Gasteiger partial charge in [0.15, 0.2) is 6.61 Å². The van der Waals surface area contributed by atoms with Crippen molar-refractivity contribution < 1.29 is 19.1 Å². The van der Waals surface area contributed by atoms with Gasteiger partial charge in [-0.3, -0.25) is 4.79 Å². The zero-order valence-corrected chi connectivity index (χ0v) is 14.8. The van der Waals surface area contributed by atoms with Crippen LogP contribution in [0.15, 0.2) is 30.3 Å². The summed E-state index contributed by atoms with van der Waals surface area (Å²) in [5.41, 5.74) is 0.899. The molecule has 2 aromatic rings. The van der Waals surface area contributed by atoms with Gasteiger partial charge in [0, 0.05) is 18.5 Å². The van der Waals surface area contributed by atoms with Crippen LogP contribution in [0.1, 0.15) is 24.2 Å². The number of hydrogen-bond acceptors (Lipinski definition) is 5. The van der Waals surface area contributed by atoms with Crippen molar-refractivity contribution in [3.63, 3.8) is 0 Å². The molecular weight excluding hydrogens is 344 g/mol. The van der Waals surface area contributed by atoms with Crippen molar-refractivity contribution in [3.05, 3.63) is 41.0 Å². The van der Waals surface area contributed by atoms with Crippen molar-refractivity contribution in [1.82, 2.24) is 9.88 Å². The van der Waals surface area contributed by atoms with Crippen LogP contribution in [0, 0.1) is 0 Å². The molecule has 3 rings (SSSR count). The Kier molecular flexibility index (Phi) is 5.20. The summed E-state index contributed by atoms with van der Waals surface area (Å²) in [5.74, 6) is -0.831. The van der Waals surface area contributed by atoms with Crippen molar-refractivity contribution >= 4 is 34.4 Å². The highest BCUT2D eigenvalue weighted by Crippen LogP contribution is 2.21. The maximum atomic E-state index is 12.4. The summed E-state index contributed by atoms with van der Waals surface area (Å²) >= 11 is 5.98. The molecule has 0 N–H and O–H groups in total. The molecular formula is C18H19ClN2O4. The summed E-state index contributed by atoms with van der Waals surface area (Å²) in [6, 6.07) is 8.60. The molecule has 1 fully saturated rings. The van der Waals surface area contributed by atoms with Crippen LogP contribution in [0.2, 0.25) is 5.15 Å². The maximum Gasteiger partial charge on any atom is 0.339 e. The third-order valence-corrected chi connectivity index (χ3v) is 4.20. The number of carbonyl (C=O) groups is 2. The molecule has 0 spiro atoms. The lowest BCUT2D eigenvalue weighted by Gasteiger charge is -2.35. The number of amides is 1. The molecule has 1 aliphatic heterocycles. The number of pyridine rings is 1. The van der Waals surface area contributed by atoms with Gasteiger partial charge in [0.25, 0.3) is 5.91 Å². The van der Waals surface area contributed by atoms with Gasteiger partial charge in [-0.1, -0.05) is 29.8 Å². The molecule has 1 amide bonds. The van der Waals surface area contributed by atoms with Crippen LogP contribution >= 0.6 is 11.6 Å². The highest BCUT2D eigenvalue weighted by Gasteiger charge is 2.26. The Morgan fingerprint density at radius 2 is 1.96 bits per heavy atom. The molecule has 132 valence electrons. The second kappa shape index (κ2) is 7.37. The van der Waals surface area contributed by atoms with Crippen LogP contribution < -0.4 is 0 Å². The number of rotatable bonds is 3. The molecule has 1 aromatic carbocycles. The minimum Gasteiger partial charge on any atom is -0.452 e. The Balaban J connectivity index is 1.70. The van der Waals surface area contributed by atoms with Gasteiger partial charge in [0.05, 0.1) is 23.3 Å². The average molecular weight is 363 g/mol. The third kappa shape index (κ3) is 4.08. The molecule has 1 aromatic heterocycles. The van der Waals surface area contributed by atoms with E-state index >= 15 is 0 Å². The molecule has 6 nitrogen and oxygen atoms in total. The molecule has 0 aliphatic carbocycles. The van der Waals surface area contributed by atoms with E-state index in [0.717, 1.165) is 0 Å². The second-order valence-electron chi connectivity index (χ2n) is 6.14. The Hall–Kier alpha value is -2.18. The highest BCUT2D eigenvalue weighted by molar-refractivity contribution is 6.30. The van der Waals surface area contributed by atoms with E-state index in [9.17, 15) is 9.59 Å². The van der Waals surface area contributed by atoms with Crippen molar-refractivity contribution in [3.8, 4) is 0 Å². The maximum absolute atomic E-state index is 12.4. The first-order valence-electron chi connectivity index (χ1n) is 8.09. The van der Waals surface area contributed by atoms with Crippen molar-refractivity contribution in [2.45, 2.75) is 26.1 Å². The zero-order valence-electron chi connectivity index (χ0n) is 14.1. The number of para-hydroxylation sites is 1. The number of carbonyl (C=O) groups excluding carboxylic acids is 2. The molecule has 1 aliphatic rings. The van der Waals surface area contributed by atoms with Crippen molar-refractivity contribution in [2.24, 2.45) is 0 Å². The Bertz CT molecular complexity index is 801. The first-order chi connectivity index (χ1) is 11.9. The fraction of sp³-hybridized carbons (Fsp3) is 0.389. The molecule has 25 heavy (non-hydrogen) atoms. The number of fused-ring (bicyclic) bond motifs is 1. The third-order valence-electron chi connectivity index (χ3n) is 4.00. The van der Waals surface area contributed by atoms with Gasteiger partial charge in [0.2, 0.25) is 0 Å². The summed E-state index contributed by atoms with van der Waals surface area (Å²) < 4.78 is 10.8. The number of halogens is 1. The lowest BCUT2D eigenvalue weighted by Crippen LogP contribution is -2.49. The molecule has 2 heterocycles. The lowest BCUT2D eigenvalue weighted by molar-refractivity contribution is -0.146. The summed E-state index contributed by atoms with van der Waals surface area (Å²) in [6.07, 6.45) is -0.0716. The van der Waals surface area contributed by atoms with Gasteiger partial charge in [-0.05, 0) is 26.0 Å². The van der Waals surface area contributed by atoms with E-state index in [0.29, 0.717) is 29.6 Å². The number of esters is 1. The monoisotopic (exact) mass is 362 g/mol. The Labute approximate surface area is 150 Å². The van der Waals surface area contributed by atoms with E-state index in [-0.39, 0.29) is 29.9 Å². The fourth-order valence-electron chi connectivity index (χ4n) is 2.99. The molecule has 0 saturated carbocycles. The van der Waals surface area contributed by atoms with Crippen LogP contribution in [0.3, 0.4) is 0 Å². The molecule has 0 radical (unpaired) electrons. The van der Waals surface area contributed by atoms with Crippen LogP contribution in [0.25, 0.3) is 10.9 Å². The van der Waals surface area contributed by atoms with Crippen molar-refractivity contribution in [2.75, 3.05) is 19.7 Å². The Morgan fingerprint density at radius 1 is 1.28 bits per heavy atom. The summed E-state index contributed by atoms with van der Waals surface area (Å²) in [4.78, 5) is 30.6. The normalized spacial score (nSPS) is 20.5. The van der Waals surface area contributed by atoms with Crippen LogP contribution in [-0.2, 0) is 14.3 Å². The van der Waals surface area contributed by atoms with Gasteiger partial charge in [-0.2, -0.15) is 0 Å². The SMILES string of the molecule is C[C@@H]1CN(C(=O)COC(=O)c2cc(Cl)nc3ccccc23)C[C@H](C)O1. The number of nitrogens with zero attached hydrogens (tertiary/aromatic N) is 2. The first-order valence-corrected chi connectivity index (χ1v) is 8.47. The molecule has 1 saturated heterocycles. The second-order valence-corrected chi connectivity index (χ2v) is 6.53. The first kappa shape index (κ1) is 17.6. The van der Waals surface area contributed by atoms with Crippen LogP contribution in [0.5, 0.6) is 0 Å². The highest BCUT2D eigenvalue weighted by atomic mass is 35.5. The van der Waals surface area contributed by atoms with E-state index in [1.807, 2.05) is 19.9 Å². The molecule has 0 unspecified atom stereocenters. The van der Waals surface area contributed by atoms with Gasteiger partial charge in [-0.15, -0.1) is 0 Å². The van der Waals surface area contributed by atoms with Gasteiger partial charge < -0.3 is 14.4 Å². The van der Waals surface area contributed by atoms with Crippen molar-refractivity contribution in [1.29, 1.82) is 0 Å². The standard InChI is InChI=1S/C18H19ClN2O4/c1-11-8-21(9-12(2)25-11)17(22)10-24-18(23)14-7-16(19)20-15-6-4-3-5-13(14)15/h3-7,11-12H,8-10H2,1-2H3/t11-,12+. The van der Waals surface area contributed by atoms with Gasteiger partial charge >= 0.3 is 5.97 Å².